The van der Waals surface area contributed by atoms with Gasteiger partial charge in [0, 0.05) is 31.4 Å². The van der Waals surface area contributed by atoms with Gasteiger partial charge in [0.1, 0.15) is 5.82 Å². The smallest absolute Gasteiger partial charge is 0.123 e. The van der Waals surface area contributed by atoms with Gasteiger partial charge in [-0.3, -0.25) is 0 Å². The molecule has 1 aromatic carbocycles. The minimum atomic E-state index is -0.166. The molecule has 0 aliphatic carbocycles. The van der Waals surface area contributed by atoms with Crippen LogP contribution in [0.4, 0.5) is 10.1 Å². The zero-order valence-corrected chi connectivity index (χ0v) is 9.28. The molecular formula is C12H17FN2. The summed E-state index contributed by atoms with van der Waals surface area (Å²) in [5.74, 6) is -0.166. The van der Waals surface area contributed by atoms with E-state index in [1.807, 2.05) is 12.1 Å². The van der Waals surface area contributed by atoms with Gasteiger partial charge in [-0.2, -0.15) is 0 Å². The summed E-state index contributed by atoms with van der Waals surface area (Å²) < 4.78 is 12.8. The first-order valence-corrected chi connectivity index (χ1v) is 5.37. The molecule has 1 unspecified atom stereocenters. The van der Waals surface area contributed by atoms with E-state index in [4.69, 9.17) is 0 Å². The molecule has 0 saturated carbocycles. The number of hydrogen-bond donors (Lipinski definition) is 0. The van der Waals surface area contributed by atoms with Crippen LogP contribution in [0, 0.1) is 5.82 Å². The number of halogens is 1. The van der Waals surface area contributed by atoms with Gasteiger partial charge in [-0.25, -0.2) is 4.39 Å². The van der Waals surface area contributed by atoms with E-state index in [1.54, 1.807) is 0 Å². The summed E-state index contributed by atoms with van der Waals surface area (Å²) >= 11 is 0. The molecule has 0 amide bonds. The molecule has 0 spiro atoms. The molecule has 3 heteroatoms. The van der Waals surface area contributed by atoms with Gasteiger partial charge in [0.25, 0.3) is 0 Å². The largest absolute Gasteiger partial charge is 0.366 e. The molecule has 0 radical (unpaired) electrons. The van der Waals surface area contributed by atoms with Gasteiger partial charge >= 0.3 is 0 Å². The highest BCUT2D eigenvalue weighted by atomic mass is 19.1. The fourth-order valence-electron chi connectivity index (χ4n) is 2.16. The van der Waals surface area contributed by atoms with Gasteiger partial charge in [0.15, 0.2) is 0 Å². The van der Waals surface area contributed by atoms with Crippen LogP contribution in [-0.2, 0) is 0 Å². The Kier molecular flexibility index (Phi) is 2.91. The maximum Gasteiger partial charge on any atom is 0.123 e. The van der Waals surface area contributed by atoms with Crippen molar-refractivity contribution in [2.45, 2.75) is 13.0 Å². The quantitative estimate of drug-likeness (QED) is 0.696. The zero-order valence-electron chi connectivity index (χ0n) is 9.28. The number of anilines is 1. The number of nitrogens with zero attached hydrogens (tertiary/aromatic N) is 2. The van der Waals surface area contributed by atoms with Crippen molar-refractivity contribution in [2.75, 3.05) is 31.6 Å². The lowest BCUT2D eigenvalue weighted by Gasteiger charge is -2.39. The molecule has 1 atom stereocenters. The molecule has 0 aromatic heterocycles. The summed E-state index contributed by atoms with van der Waals surface area (Å²) in [6.07, 6.45) is 0. The summed E-state index contributed by atoms with van der Waals surface area (Å²) in [7, 11) is 2.14. The highest BCUT2D eigenvalue weighted by Crippen LogP contribution is 2.20. The molecule has 1 aromatic rings. The van der Waals surface area contributed by atoms with E-state index in [2.05, 4.69) is 23.8 Å². The molecule has 1 aliphatic heterocycles. The predicted molar refractivity (Wildman–Crippen MR) is 60.7 cm³/mol. The third-order valence-corrected chi connectivity index (χ3v) is 2.99. The van der Waals surface area contributed by atoms with E-state index < -0.39 is 0 Å². The van der Waals surface area contributed by atoms with Gasteiger partial charge in [-0.15, -0.1) is 0 Å². The second-order valence-electron chi connectivity index (χ2n) is 4.28. The van der Waals surface area contributed by atoms with Crippen molar-refractivity contribution in [2.24, 2.45) is 0 Å². The Morgan fingerprint density at radius 2 is 1.87 bits per heavy atom. The first-order valence-electron chi connectivity index (χ1n) is 5.37. The Balaban J connectivity index is 2.13. The summed E-state index contributed by atoms with van der Waals surface area (Å²) in [6, 6.07) is 7.27. The summed E-state index contributed by atoms with van der Waals surface area (Å²) in [4.78, 5) is 4.66. The van der Waals surface area contributed by atoms with Crippen molar-refractivity contribution in [1.82, 2.24) is 4.90 Å². The summed E-state index contributed by atoms with van der Waals surface area (Å²) in [5, 5.41) is 0. The standard InChI is InChI=1S/C12H17FN2/c1-10-9-14(2)7-8-15(10)12-5-3-11(13)4-6-12/h3-6,10H,7-9H2,1-2H3. The molecule has 2 rings (SSSR count). The Hall–Kier alpha value is -1.09. The van der Waals surface area contributed by atoms with Crippen molar-refractivity contribution < 1.29 is 4.39 Å². The molecular weight excluding hydrogens is 191 g/mol. The maximum absolute atomic E-state index is 12.8. The maximum atomic E-state index is 12.8. The van der Waals surface area contributed by atoms with E-state index in [0.29, 0.717) is 6.04 Å². The van der Waals surface area contributed by atoms with E-state index in [1.165, 1.54) is 12.1 Å². The zero-order chi connectivity index (χ0) is 10.8. The van der Waals surface area contributed by atoms with E-state index in [9.17, 15) is 4.39 Å². The molecule has 1 aliphatic rings. The number of likely N-dealkylation sites (N-methyl/N-ethyl adjacent to an activating group) is 1. The van der Waals surface area contributed by atoms with Crippen molar-refractivity contribution in [3.8, 4) is 0 Å². The third kappa shape index (κ3) is 2.29. The second-order valence-corrected chi connectivity index (χ2v) is 4.28. The van der Waals surface area contributed by atoms with Crippen molar-refractivity contribution >= 4 is 5.69 Å². The minimum Gasteiger partial charge on any atom is -0.366 e. The molecule has 0 N–H and O–H groups in total. The van der Waals surface area contributed by atoms with Crippen molar-refractivity contribution in [1.29, 1.82) is 0 Å². The normalized spacial score (nSPS) is 23.1. The Labute approximate surface area is 90.3 Å². The van der Waals surface area contributed by atoms with Crippen LogP contribution in [0.1, 0.15) is 6.92 Å². The third-order valence-electron chi connectivity index (χ3n) is 2.99. The van der Waals surface area contributed by atoms with E-state index >= 15 is 0 Å². The van der Waals surface area contributed by atoms with Crippen LogP contribution in [0.25, 0.3) is 0 Å². The molecule has 0 bridgehead atoms. The fourth-order valence-corrected chi connectivity index (χ4v) is 2.16. The SMILES string of the molecule is CC1CN(C)CCN1c1ccc(F)cc1. The van der Waals surface area contributed by atoms with Gasteiger partial charge in [-0.05, 0) is 38.2 Å². The molecule has 1 fully saturated rings. The first kappa shape index (κ1) is 10.4. The molecule has 82 valence electrons. The lowest BCUT2D eigenvalue weighted by atomic mass is 10.1. The van der Waals surface area contributed by atoms with Crippen LogP contribution in [0.2, 0.25) is 0 Å². The Bertz CT molecular complexity index is 323. The van der Waals surface area contributed by atoms with Gasteiger partial charge in [0.05, 0.1) is 0 Å². The van der Waals surface area contributed by atoms with Gasteiger partial charge < -0.3 is 9.80 Å². The molecule has 1 saturated heterocycles. The summed E-state index contributed by atoms with van der Waals surface area (Å²) in [6.45, 7) is 5.36. The minimum absolute atomic E-state index is 0.166. The fraction of sp³-hybridized carbons (Fsp3) is 0.500. The monoisotopic (exact) mass is 208 g/mol. The van der Waals surface area contributed by atoms with E-state index in [-0.39, 0.29) is 5.82 Å². The van der Waals surface area contributed by atoms with Crippen molar-refractivity contribution in [3.63, 3.8) is 0 Å². The lowest BCUT2D eigenvalue weighted by molar-refractivity contribution is 0.275. The second kappa shape index (κ2) is 4.19. The summed E-state index contributed by atoms with van der Waals surface area (Å²) in [5.41, 5.74) is 1.12. The predicted octanol–water partition coefficient (Wildman–Crippen LogP) is 1.97. The highest BCUT2D eigenvalue weighted by molar-refractivity contribution is 5.47. The topological polar surface area (TPSA) is 6.48 Å². The first-order chi connectivity index (χ1) is 7.16. The average Bonchev–Trinajstić information content (AvgIpc) is 2.20. The average molecular weight is 208 g/mol. The van der Waals surface area contributed by atoms with Crippen LogP contribution in [-0.4, -0.2) is 37.6 Å². The molecule has 2 nitrogen and oxygen atoms in total. The number of rotatable bonds is 1. The highest BCUT2D eigenvalue weighted by Gasteiger charge is 2.21. The van der Waals surface area contributed by atoms with Crippen LogP contribution < -0.4 is 4.90 Å². The number of hydrogen-bond acceptors (Lipinski definition) is 2. The van der Waals surface area contributed by atoms with Crippen LogP contribution in [0.3, 0.4) is 0 Å². The lowest BCUT2D eigenvalue weighted by Crippen LogP contribution is -2.50. The van der Waals surface area contributed by atoms with Crippen molar-refractivity contribution in [3.05, 3.63) is 30.1 Å². The van der Waals surface area contributed by atoms with Gasteiger partial charge in [-0.1, -0.05) is 0 Å². The number of piperazine rings is 1. The molecule has 1 heterocycles. The molecule has 15 heavy (non-hydrogen) atoms. The van der Waals surface area contributed by atoms with Crippen LogP contribution >= 0.6 is 0 Å². The Morgan fingerprint density at radius 3 is 2.47 bits per heavy atom. The Morgan fingerprint density at radius 1 is 1.20 bits per heavy atom. The van der Waals surface area contributed by atoms with Gasteiger partial charge in [0.2, 0.25) is 0 Å². The van der Waals surface area contributed by atoms with E-state index in [0.717, 1.165) is 25.3 Å². The number of benzene rings is 1. The van der Waals surface area contributed by atoms with Crippen LogP contribution in [0.15, 0.2) is 24.3 Å². The van der Waals surface area contributed by atoms with Crippen LogP contribution in [0.5, 0.6) is 0 Å².